The summed E-state index contributed by atoms with van der Waals surface area (Å²) in [6.45, 7) is 0. The van der Waals surface area contributed by atoms with Crippen LogP contribution in [0.2, 0.25) is 0 Å². The fraction of sp³-hybridized carbons (Fsp3) is 0.727. The third-order valence-corrected chi connectivity index (χ3v) is 3.80. The van der Waals surface area contributed by atoms with Gasteiger partial charge < -0.3 is 9.30 Å². The first kappa shape index (κ1) is 9.67. The molecule has 3 rings (SSSR count). The molecule has 2 bridgehead atoms. The predicted octanol–water partition coefficient (Wildman–Crippen LogP) is 2.50. The highest BCUT2D eigenvalue weighted by molar-refractivity contribution is 6.16. The van der Waals surface area contributed by atoms with Crippen molar-refractivity contribution < 1.29 is 4.74 Å². The quantitative estimate of drug-likeness (QED) is 0.725. The van der Waals surface area contributed by atoms with Crippen LogP contribution in [-0.2, 0) is 10.6 Å². The van der Waals surface area contributed by atoms with Crippen LogP contribution in [-0.4, -0.2) is 21.8 Å². The first-order valence-corrected chi connectivity index (χ1v) is 6.14. The van der Waals surface area contributed by atoms with Gasteiger partial charge in [-0.05, 0) is 25.7 Å². The maximum atomic E-state index is 5.93. The molecule has 3 nitrogen and oxygen atoms in total. The molecular formula is C11H15ClN2O. The van der Waals surface area contributed by atoms with E-state index in [-0.39, 0.29) is 0 Å². The maximum absolute atomic E-state index is 5.93. The number of nitrogens with zero attached hydrogens (tertiary/aromatic N) is 2. The zero-order valence-corrected chi connectivity index (χ0v) is 9.36. The smallest absolute Gasteiger partial charge is 0.0953 e. The molecule has 3 heterocycles. The van der Waals surface area contributed by atoms with Gasteiger partial charge in [0.25, 0.3) is 0 Å². The molecule has 4 heteroatoms. The van der Waals surface area contributed by atoms with Crippen LogP contribution in [0.4, 0.5) is 0 Å². The van der Waals surface area contributed by atoms with Gasteiger partial charge in [-0.1, -0.05) is 0 Å². The van der Waals surface area contributed by atoms with Crippen molar-refractivity contribution in [3.05, 3.63) is 18.2 Å². The van der Waals surface area contributed by atoms with Crippen LogP contribution in [0, 0.1) is 0 Å². The zero-order valence-electron chi connectivity index (χ0n) is 8.60. The second-order valence-electron chi connectivity index (χ2n) is 4.46. The van der Waals surface area contributed by atoms with E-state index >= 15 is 0 Å². The minimum atomic E-state index is 0.404. The maximum Gasteiger partial charge on any atom is 0.0953 e. The predicted molar refractivity (Wildman–Crippen MR) is 58.0 cm³/mol. The van der Waals surface area contributed by atoms with E-state index in [2.05, 4.69) is 15.7 Å². The molecule has 2 aliphatic rings. The molecule has 3 atom stereocenters. The number of alkyl halides is 1. The van der Waals surface area contributed by atoms with Gasteiger partial charge >= 0.3 is 0 Å². The number of hydrogen-bond donors (Lipinski definition) is 0. The average molecular weight is 227 g/mol. The lowest BCUT2D eigenvalue weighted by molar-refractivity contribution is -0.0269. The van der Waals surface area contributed by atoms with Gasteiger partial charge in [0.1, 0.15) is 0 Å². The Kier molecular flexibility index (Phi) is 2.45. The Hall–Kier alpha value is -0.540. The average Bonchev–Trinajstić information content (AvgIpc) is 2.87. The summed E-state index contributed by atoms with van der Waals surface area (Å²) in [6, 6.07) is 0.480. The third-order valence-electron chi connectivity index (χ3n) is 3.53. The second-order valence-corrected chi connectivity index (χ2v) is 4.73. The lowest BCUT2D eigenvalue weighted by Gasteiger charge is -2.30. The van der Waals surface area contributed by atoms with Crippen LogP contribution in [0.5, 0.6) is 0 Å². The summed E-state index contributed by atoms with van der Waals surface area (Å²) in [6.07, 6.45) is 9.72. The number of ether oxygens (including phenoxy) is 1. The van der Waals surface area contributed by atoms with Crippen molar-refractivity contribution in [1.82, 2.24) is 9.55 Å². The number of aromatic nitrogens is 2. The van der Waals surface area contributed by atoms with E-state index < -0.39 is 0 Å². The SMILES string of the molecule is ClCc1cn(C2CCC3CCC2O3)cn1. The summed E-state index contributed by atoms with van der Waals surface area (Å²) < 4.78 is 8.11. The molecule has 0 amide bonds. The fourth-order valence-electron chi connectivity index (χ4n) is 2.74. The molecule has 2 aliphatic heterocycles. The summed E-state index contributed by atoms with van der Waals surface area (Å²) in [5.41, 5.74) is 0.955. The van der Waals surface area contributed by atoms with E-state index in [1.54, 1.807) is 0 Å². The minimum absolute atomic E-state index is 0.404. The van der Waals surface area contributed by atoms with Crippen LogP contribution in [0.25, 0.3) is 0 Å². The molecule has 0 saturated carbocycles. The van der Waals surface area contributed by atoms with Crippen LogP contribution in [0.1, 0.15) is 37.4 Å². The molecule has 0 aromatic carbocycles. The molecule has 15 heavy (non-hydrogen) atoms. The fourth-order valence-corrected chi connectivity index (χ4v) is 2.88. The summed E-state index contributed by atoms with van der Waals surface area (Å²) in [5, 5.41) is 0. The van der Waals surface area contributed by atoms with Gasteiger partial charge in [0, 0.05) is 6.20 Å². The molecule has 0 spiro atoms. The first-order chi connectivity index (χ1) is 7.36. The number of rotatable bonds is 2. The highest BCUT2D eigenvalue weighted by atomic mass is 35.5. The van der Waals surface area contributed by atoms with Crippen LogP contribution < -0.4 is 0 Å². The van der Waals surface area contributed by atoms with Crippen molar-refractivity contribution in [2.24, 2.45) is 0 Å². The summed E-state index contributed by atoms with van der Waals surface area (Å²) in [5.74, 6) is 0.494. The van der Waals surface area contributed by atoms with Crippen molar-refractivity contribution in [1.29, 1.82) is 0 Å². The van der Waals surface area contributed by atoms with Crippen LogP contribution in [0.3, 0.4) is 0 Å². The van der Waals surface area contributed by atoms with E-state index in [9.17, 15) is 0 Å². The normalized spacial score (nSPS) is 34.6. The Bertz CT molecular complexity index is 352. The molecule has 0 aliphatic carbocycles. The van der Waals surface area contributed by atoms with E-state index in [1.165, 1.54) is 25.7 Å². The van der Waals surface area contributed by atoms with Gasteiger partial charge in [-0.25, -0.2) is 4.98 Å². The third kappa shape index (κ3) is 1.68. The van der Waals surface area contributed by atoms with E-state index in [1.807, 2.05) is 6.33 Å². The Morgan fingerprint density at radius 3 is 3.07 bits per heavy atom. The molecule has 0 N–H and O–H groups in total. The molecule has 1 aromatic rings. The summed E-state index contributed by atoms with van der Waals surface area (Å²) in [4.78, 5) is 4.27. The number of fused-ring (bicyclic) bond motifs is 2. The van der Waals surface area contributed by atoms with Crippen molar-refractivity contribution in [3.63, 3.8) is 0 Å². The van der Waals surface area contributed by atoms with E-state index in [0.717, 1.165) is 5.69 Å². The highest BCUT2D eigenvalue weighted by Gasteiger charge is 2.37. The van der Waals surface area contributed by atoms with E-state index in [0.29, 0.717) is 24.1 Å². The number of hydrogen-bond acceptors (Lipinski definition) is 2. The van der Waals surface area contributed by atoms with Gasteiger partial charge in [0.05, 0.1) is 36.2 Å². The van der Waals surface area contributed by atoms with Gasteiger partial charge in [-0.3, -0.25) is 0 Å². The first-order valence-electron chi connectivity index (χ1n) is 5.60. The molecule has 1 aromatic heterocycles. The Morgan fingerprint density at radius 1 is 1.40 bits per heavy atom. The van der Waals surface area contributed by atoms with Crippen molar-refractivity contribution in [2.75, 3.05) is 0 Å². The van der Waals surface area contributed by atoms with Crippen molar-refractivity contribution >= 4 is 11.6 Å². The monoisotopic (exact) mass is 226 g/mol. The van der Waals surface area contributed by atoms with Gasteiger partial charge in [-0.15, -0.1) is 11.6 Å². The molecule has 3 unspecified atom stereocenters. The summed E-state index contributed by atoms with van der Waals surface area (Å²) >= 11 is 5.75. The lowest BCUT2D eigenvalue weighted by Crippen LogP contribution is -2.29. The largest absolute Gasteiger partial charge is 0.373 e. The Labute approximate surface area is 94.4 Å². The number of halogens is 1. The zero-order chi connectivity index (χ0) is 10.3. The topological polar surface area (TPSA) is 27.1 Å². The molecular weight excluding hydrogens is 212 g/mol. The number of imidazole rings is 1. The molecule has 0 radical (unpaired) electrons. The Balaban J connectivity index is 1.81. The van der Waals surface area contributed by atoms with Crippen LogP contribution >= 0.6 is 11.6 Å². The molecule has 2 saturated heterocycles. The van der Waals surface area contributed by atoms with Gasteiger partial charge in [0.2, 0.25) is 0 Å². The van der Waals surface area contributed by atoms with Gasteiger partial charge in [-0.2, -0.15) is 0 Å². The standard InChI is InChI=1S/C11H15ClN2O/c12-5-8-6-14(7-13-8)10-3-1-9-2-4-11(10)15-9/h6-7,9-11H,1-5H2. The van der Waals surface area contributed by atoms with Crippen molar-refractivity contribution in [3.8, 4) is 0 Å². The van der Waals surface area contributed by atoms with E-state index in [4.69, 9.17) is 16.3 Å². The summed E-state index contributed by atoms with van der Waals surface area (Å²) in [7, 11) is 0. The lowest BCUT2D eigenvalue weighted by atomic mass is 10.0. The Morgan fingerprint density at radius 2 is 2.27 bits per heavy atom. The molecule has 82 valence electrons. The van der Waals surface area contributed by atoms with Crippen molar-refractivity contribution in [2.45, 2.75) is 49.8 Å². The highest BCUT2D eigenvalue weighted by Crippen LogP contribution is 2.38. The van der Waals surface area contributed by atoms with Crippen LogP contribution in [0.15, 0.2) is 12.5 Å². The van der Waals surface area contributed by atoms with Gasteiger partial charge in [0.15, 0.2) is 0 Å². The second kappa shape index (κ2) is 3.80. The minimum Gasteiger partial charge on any atom is -0.373 e. The molecule has 2 fully saturated rings.